The van der Waals surface area contributed by atoms with Crippen molar-refractivity contribution in [3.63, 3.8) is 0 Å². The van der Waals surface area contributed by atoms with Crippen molar-refractivity contribution in [3.8, 4) is 11.5 Å². The van der Waals surface area contributed by atoms with Gasteiger partial charge in [0, 0.05) is 31.3 Å². The van der Waals surface area contributed by atoms with Crippen molar-refractivity contribution >= 4 is 11.8 Å². The summed E-state index contributed by atoms with van der Waals surface area (Å²) in [6.07, 6.45) is 2.99. The molecule has 2 saturated heterocycles. The van der Waals surface area contributed by atoms with Gasteiger partial charge in [0.2, 0.25) is 0 Å². The molecule has 7 nitrogen and oxygen atoms in total. The SMILES string of the molecule is COc1ccc(C(=O)NC2CCN(C(=O)C3CCCO3)CC2)cc1OC. The molecule has 1 aromatic carbocycles. The average Bonchev–Trinajstić information content (AvgIpc) is 3.22. The van der Waals surface area contributed by atoms with E-state index in [0.29, 0.717) is 36.8 Å². The van der Waals surface area contributed by atoms with E-state index >= 15 is 0 Å². The lowest BCUT2D eigenvalue weighted by atomic mass is 10.0. The van der Waals surface area contributed by atoms with Crippen molar-refractivity contribution < 1.29 is 23.8 Å². The normalized spacial score (nSPS) is 20.7. The first-order valence-electron chi connectivity index (χ1n) is 9.05. The van der Waals surface area contributed by atoms with Crippen molar-refractivity contribution in [1.82, 2.24) is 10.2 Å². The van der Waals surface area contributed by atoms with Gasteiger partial charge >= 0.3 is 0 Å². The van der Waals surface area contributed by atoms with Crippen molar-refractivity contribution in [2.45, 2.75) is 37.8 Å². The van der Waals surface area contributed by atoms with Gasteiger partial charge in [0.25, 0.3) is 11.8 Å². The predicted octanol–water partition coefficient (Wildman–Crippen LogP) is 1.60. The van der Waals surface area contributed by atoms with Gasteiger partial charge in [-0.1, -0.05) is 0 Å². The van der Waals surface area contributed by atoms with E-state index in [9.17, 15) is 9.59 Å². The average molecular weight is 362 g/mol. The number of nitrogens with one attached hydrogen (secondary N) is 1. The lowest BCUT2D eigenvalue weighted by Crippen LogP contribution is -2.49. The van der Waals surface area contributed by atoms with Crippen LogP contribution >= 0.6 is 0 Å². The van der Waals surface area contributed by atoms with Crippen LogP contribution in [0.15, 0.2) is 18.2 Å². The van der Waals surface area contributed by atoms with E-state index in [2.05, 4.69) is 5.32 Å². The highest BCUT2D eigenvalue weighted by atomic mass is 16.5. The van der Waals surface area contributed by atoms with Crippen molar-refractivity contribution in [2.24, 2.45) is 0 Å². The van der Waals surface area contributed by atoms with Crippen LogP contribution in [0.2, 0.25) is 0 Å². The zero-order chi connectivity index (χ0) is 18.5. The third-order valence-corrected chi connectivity index (χ3v) is 4.99. The van der Waals surface area contributed by atoms with Gasteiger partial charge in [-0.2, -0.15) is 0 Å². The van der Waals surface area contributed by atoms with Crippen molar-refractivity contribution in [1.29, 1.82) is 0 Å². The van der Waals surface area contributed by atoms with Crippen LogP contribution in [-0.2, 0) is 9.53 Å². The van der Waals surface area contributed by atoms with E-state index in [1.54, 1.807) is 32.4 Å². The number of rotatable bonds is 5. The smallest absolute Gasteiger partial charge is 0.251 e. The van der Waals surface area contributed by atoms with Crippen LogP contribution in [0.5, 0.6) is 11.5 Å². The van der Waals surface area contributed by atoms with Gasteiger partial charge in [-0.3, -0.25) is 9.59 Å². The molecule has 2 heterocycles. The molecule has 1 N–H and O–H groups in total. The second-order valence-electron chi connectivity index (χ2n) is 6.64. The molecule has 0 bridgehead atoms. The van der Waals surface area contributed by atoms with Gasteiger partial charge < -0.3 is 24.4 Å². The molecule has 2 aliphatic rings. The summed E-state index contributed by atoms with van der Waals surface area (Å²) in [5.74, 6) is 1.06. The van der Waals surface area contributed by atoms with Crippen LogP contribution in [-0.4, -0.2) is 62.8 Å². The second-order valence-corrected chi connectivity index (χ2v) is 6.64. The highest BCUT2D eigenvalue weighted by Crippen LogP contribution is 2.27. The lowest BCUT2D eigenvalue weighted by Gasteiger charge is -2.33. The largest absolute Gasteiger partial charge is 0.493 e. The minimum absolute atomic E-state index is 0.0594. The summed E-state index contributed by atoms with van der Waals surface area (Å²) in [4.78, 5) is 26.7. The number of carbonyl (C=O) groups is 2. The van der Waals surface area contributed by atoms with E-state index in [-0.39, 0.29) is 24.0 Å². The van der Waals surface area contributed by atoms with Crippen LogP contribution < -0.4 is 14.8 Å². The van der Waals surface area contributed by atoms with Gasteiger partial charge in [0.05, 0.1) is 14.2 Å². The van der Waals surface area contributed by atoms with Gasteiger partial charge in [0.1, 0.15) is 6.10 Å². The predicted molar refractivity (Wildman–Crippen MR) is 95.6 cm³/mol. The summed E-state index contributed by atoms with van der Waals surface area (Å²) >= 11 is 0. The number of likely N-dealkylation sites (tertiary alicyclic amines) is 1. The summed E-state index contributed by atoms with van der Waals surface area (Å²) in [6, 6.07) is 5.16. The Kier molecular flexibility index (Phi) is 5.98. The molecule has 142 valence electrons. The van der Waals surface area contributed by atoms with Crippen LogP contribution in [0.1, 0.15) is 36.0 Å². The number of hydrogen-bond acceptors (Lipinski definition) is 5. The molecule has 1 unspecified atom stereocenters. The fraction of sp³-hybridized carbons (Fsp3) is 0.579. The fourth-order valence-corrected chi connectivity index (χ4v) is 3.47. The van der Waals surface area contributed by atoms with Crippen molar-refractivity contribution in [3.05, 3.63) is 23.8 Å². The first kappa shape index (κ1) is 18.5. The number of carbonyl (C=O) groups excluding carboxylic acids is 2. The Morgan fingerprint density at radius 1 is 1.12 bits per heavy atom. The number of ether oxygens (including phenoxy) is 3. The van der Waals surface area contributed by atoms with Gasteiger partial charge in [-0.05, 0) is 43.9 Å². The van der Waals surface area contributed by atoms with E-state index in [0.717, 1.165) is 25.7 Å². The second kappa shape index (κ2) is 8.40. The number of piperidine rings is 1. The van der Waals surface area contributed by atoms with E-state index in [1.807, 2.05) is 4.90 Å². The molecule has 7 heteroatoms. The lowest BCUT2D eigenvalue weighted by molar-refractivity contribution is -0.142. The molecule has 0 aliphatic carbocycles. The van der Waals surface area contributed by atoms with Gasteiger partial charge in [-0.25, -0.2) is 0 Å². The van der Waals surface area contributed by atoms with Gasteiger partial charge in [0.15, 0.2) is 11.5 Å². The Hall–Kier alpha value is -2.28. The Morgan fingerprint density at radius 3 is 2.46 bits per heavy atom. The zero-order valence-electron chi connectivity index (χ0n) is 15.3. The Balaban J connectivity index is 1.52. The topological polar surface area (TPSA) is 77.1 Å². The van der Waals surface area contributed by atoms with Gasteiger partial charge in [-0.15, -0.1) is 0 Å². The van der Waals surface area contributed by atoms with Crippen molar-refractivity contribution in [2.75, 3.05) is 33.9 Å². The maximum Gasteiger partial charge on any atom is 0.251 e. The molecule has 1 aromatic rings. The maximum absolute atomic E-state index is 12.5. The number of benzene rings is 1. The number of amides is 2. The molecule has 1 atom stereocenters. The third-order valence-electron chi connectivity index (χ3n) is 4.99. The molecule has 0 aromatic heterocycles. The molecule has 0 saturated carbocycles. The van der Waals surface area contributed by atoms with E-state index < -0.39 is 0 Å². The number of nitrogens with zero attached hydrogens (tertiary/aromatic N) is 1. The van der Waals surface area contributed by atoms with Crippen LogP contribution in [0.3, 0.4) is 0 Å². The first-order chi connectivity index (χ1) is 12.6. The molecular formula is C19H26N2O5. The molecule has 3 rings (SSSR count). The summed E-state index contributed by atoms with van der Waals surface area (Å²) in [5, 5.41) is 3.05. The summed E-state index contributed by atoms with van der Waals surface area (Å²) in [6.45, 7) is 1.97. The molecule has 0 spiro atoms. The quantitative estimate of drug-likeness (QED) is 0.861. The summed E-state index contributed by atoms with van der Waals surface area (Å²) in [5.41, 5.74) is 0.528. The van der Waals surface area contributed by atoms with Crippen LogP contribution in [0, 0.1) is 0 Å². The monoisotopic (exact) mass is 362 g/mol. The molecule has 2 fully saturated rings. The Bertz CT molecular complexity index is 649. The standard InChI is InChI=1S/C19H26N2O5/c1-24-15-6-5-13(12-17(15)25-2)18(22)20-14-7-9-21(10-8-14)19(23)16-4-3-11-26-16/h5-6,12,14,16H,3-4,7-11H2,1-2H3,(H,20,22). The molecule has 0 radical (unpaired) electrons. The summed E-state index contributed by atoms with van der Waals surface area (Å²) in [7, 11) is 3.10. The van der Waals surface area contributed by atoms with E-state index in [1.165, 1.54) is 0 Å². The Labute approximate surface area is 153 Å². The molecule has 2 aliphatic heterocycles. The maximum atomic E-state index is 12.5. The highest BCUT2D eigenvalue weighted by Gasteiger charge is 2.31. The fourth-order valence-electron chi connectivity index (χ4n) is 3.47. The van der Waals surface area contributed by atoms with E-state index in [4.69, 9.17) is 14.2 Å². The molecule has 2 amide bonds. The highest BCUT2D eigenvalue weighted by molar-refractivity contribution is 5.95. The van der Waals surface area contributed by atoms with Crippen LogP contribution in [0.25, 0.3) is 0 Å². The first-order valence-corrected chi connectivity index (χ1v) is 9.05. The minimum Gasteiger partial charge on any atom is -0.493 e. The molecular weight excluding hydrogens is 336 g/mol. The minimum atomic E-state index is -0.270. The molecule has 26 heavy (non-hydrogen) atoms. The summed E-state index contributed by atoms with van der Waals surface area (Å²) < 4.78 is 15.9. The number of hydrogen-bond donors (Lipinski definition) is 1. The van der Waals surface area contributed by atoms with Crippen LogP contribution in [0.4, 0.5) is 0 Å². The third kappa shape index (κ3) is 4.09. The Morgan fingerprint density at radius 2 is 1.85 bits per heavy atom. The number of methoxy groups -OCH3 is 2. The zero-order valence-corrected chi connectivity index (χ0v) is 15.3.